The lowest BCUT2D eigenvalue weighted by atomic mass is 9.76. The van der Waals surface area contributed by atoms with Crippen molar-refractivity contribution < 1.29 is 18.3 Å². The quantitative estimate of drug-likeness (QED) is 0.810. The molecule has 2 aromatic rings. The van der Waals surface area contributed by atoms with E-state index < -0.39 is 16.1 Å². The van der Waals surface area contributed by atoms with Gasteiger partial charge in [-0.1, -0.05) is 6.07 Å². The molecule has 1 fully saturated rings. The van der Waals surface area contributed by atoms with Crippen LogP contribution >= 0.6 is 0 Å². The Hall–Kier alpha value is -1.90. The van der Waals surface area contributed by atoms with Gasteiger partial charge in [-0.15, -0.1) is 0 Å². The number of benzene rings is 1. The maximum Gasteiger partial charge on any atom is 0.244 e. The molecule has 8 heteroatoms. The van der Waals surface area contributed by atoms with Crippen molar-refractivity contribution in [3.8, 4) is 5.75 Å². The first-order valence-corrected chi connectivity index (χ1v) is 9.62. The predicted molar refractivity (Wildman–Crippen MR) is 92.7 cm³/mol. The molecule has 3 rings (SSSR count). The molecule has 1 heterocycles. The lowest BCUT2D eigenvalue weighted by Gasteiger charge is -2.37. The van der Waals surface area contributed by atoms with Gasteiger partial charge in [0.25, 0.3) is 0 Å². The second-order valence-corrected chi connectivity index (χ2v) is 8.27. The number of methoxy groups -OCH3 is 1. The van der Waals surface area contributed by atoms with Crippen molar-refractivity contribution in [2.45, 2.75) is 36.8 Å². The molecule has 0 spiro atoms. The van der Waals surface area contributed by atoms with Crippen LogP contribution in [-0.4, -0.2) is 36.5 Å². The summed E-state index contributed by atoms with van der Waals surface area (Å²) in [4.78, 5) is 0.115. The highest BCUT2D eigenvalue weighted by molar-refractivity contribution is 7.89. The van der Waals surface area contributed by atoms with Crippen LogP contribution in [0.2, 0.25) is 0 Å². The summed E-state index contributed by atoms with van der Waals surface area (Å²) in [6.45, 7) is 1.83. The molecule has 1 aliphatic rings. The number of nitrogens with zero attached hydrogens (tertiary/aromatic N) is 2. The number of hydrogen-bond acceptors (Lipinski definition) is 5. The minimum Gasteiger partial charge on any atom is -0.495 e. The molecule has 25 heavy (non-hydrogen) atoms. The van der Waals surface area contributed by atoms with Gasteiger partial charge in [0.1, 0.15) is 10.6 Å². The maximum absolute atomic E-state index is 13.0. The van der Waals surface area contributed by atoms with E-state index in [1.54, 1.807) is 42.3 Å². The first-order chi connectivity index (χ1) is 11.8. The number of rotatable bonds is 6. The third kappa shape index (κ3) is 3.70. The molecule has 0 aliphatic heterocycles. The van der Waals surface area contributed by atoms with Crippen LogP contribution in [0.5, 0.6) is 5.75 Å². The van der Waals surface area contributed by atoms with Gasteiger partial charge in [0, 0.05) is 18.8 Å². The Bertz CT molecular complexity index is 857. The number of nitrogens with one attached hydrogen (secondary N) is 1. The number of hydrogen-bond donors (Lipinski definition) is 2. The average molecular weight is 365 g/mol. The lowest BCUT2D eigenvalue weighted by molar-refractivity contribution is 0.0280. The fourth-order valence-electron chi connectivity index (χ4n) is 3.16. The number of aromatic nitrogens is 2. The Balaban J connectivity index is 1.94. The van der Waals surface area contributed by atoms with Crippen molar-refractivity contribution in [3.05, 3.63) is 41.7 Å². The highest BCUT2D eigenvalue weighted by Crippen LogP contribution is 2.39. The molecule has 7 nitrogen and oxygen atoms in total. The summed E-state index contributed by atoms with van der Waals surface area (Å²) in [5, 5.41) is 13.8. The smallest absolute Gasteiger partial charge is 0.244 e. The molecule has 0 bridgehead atoms. The van der Waals surface area contributed by atoms with Gasteiger partial charge in [-0.25, -0.2) is 13.1 Å². The van der Waals surface area contributed by atoms with Crippen molar-refractivity contribution in [1.29, 1.82) is 0 Å². The van der Waals surface area contributed by atoms with Crippen LogP contribution in [0.1, 0.15) is 30.0 Å². The van der Waals surface area contributed by atoms with Gasteiger partial charge < -0.3 is 9.84 Å². The van der Waals surface area contributed by atoms with Crippen LogP contribution in [0, 0.1) is 12.8 Å². The summed E-state index contributed by atoms with van der Waals surface area (Å²) in [5.41, 5.74) is 1.62. The summed E-state index contributed by atoms with van der Waals surface area (Å²) in [7, 11) is -0.561. The summed E-state index contributed by atoms with van der Waals surface area (Å²) >= 11 is 0. The fourth-order valence-corrected chi connectivity index (χ4v) is 4.71. The number of aryl methyl sites for hydroxylation is 2. The fraction of sp³-hybridized carbons (Fsp3) is 0.471. The second-order valence-electron chi connectivity index (χ2n) is 6.59. The third-order valence-corrected chi connectivity index (χ3v) is 6.06. The first kappa shape index (κ1) is 17.9. The zero-order valence-corrected chi connectivity index (χ0v) is 15.3. The van der Waals surface area contributed by atoms with Gasteiger partial charge >= 0.3 is 0 Å². The molecule has 2 N–H and O–H groups in total. The van der Waals surface area contributed by atoms with E-state index in [2.05, 4.69) is 9.82 Å². The molecule has 136 valence electrons. The highest BCUT2D eigenvalue weighted by Gasteiger charge is 2.38. The van der Waals surface area contributed by atoms with Gasteiger partial charge in [-0.2, -0.15) is 5.10 Å². The van der Waals surface area contributed by atoms with Crippen molar-refractivity contribution in [2.75, 3.05) is 7.11 Å². The Labute approximate surface area is 147 Å². The van der Waals surface area contributed by atoms with E-state index in [0.717, 1.165) is 11.1 Å². The van der Waals surface area contributed by atoms with Gasteiger partial charge in [0.2, 0.25) is 10.0 Å². The van der Waals surface area contributed by atoms with Crippen LogP contribution in [0.4, 0.5) is 0 Å². The van der Waals surface area contributed by atoms with Crippen LogP contribution in [0.25, 0.3) is 0 Å². The Morgan fingerprint density at radius 1 is 1.40 bits per heavy atom. The second kappa shape index (κ2) is 6.78. The van der Waals surface area contributed by atoms with Crippen LogP contribution < -0.4 is 9.46 Å². The van der Waals surface area contributed by atoms with Crippen molar-refractivity contribution in [2.24, 2.45) is 13.0 Å². The Morgan fingerprint density at radius 2 is 2.12 bits per heavy atom. The summed E-state index contributed by atoms with van der Waals surface area (Å²) in [6, 6.07) is 4.61. The SMILES string of the molecule is COc1ccc(C)cc1S(=O)(=O)NC(c1cnn(C)c1)C1CC(O)C1. The van der Waals surface area contributed by atoms with Gasteiger partial charge in [0.15, 0.2) is 0 Å². The summed E-state index contributed by atoms with van der Waals surface area (Å²) < 4.78 is 35.6. The first-order valence-electron chi connectivity index (χ1n) is 8.13. The molecule has 1 atom stereocenters. The summed E-state index contributed by atoms with van der Waals surface area (Å²) in [5.74, 6) is 0.335. The minimum atomic E-state index is -3.80. The van der Waals surface area contributed by atoms with E-state index in [1.807, 2.05) is 6.92 Å². The monoisotopic (exact) mass is 365 g/mol. The molecule has 0 radical (unpaired) electrons. The van der Waals surface area contributed by atoms with E-state index in [0.29, 0.717) is 18.6 Å². The van der Waals surface area contributed by atoms with E-state index in [9.17, 15) is 13.5 Å². The molecular weight excluding hydrogens is 342 g/mol. The Kier molecular flexibility index (Phi) is 4.86. The van der Waals surface area contributed by atoms with Crippen molar-refractivity contribution in [1.82, 2.24) is 14.5 Å². The topological polar surface area (TPSA) is 93.5 Å². The standard InChI is InChI=1S/C17H23N3O4S/c1-11-4-5-15(24-3)16(6-11)25(22,23)19-17(12-7-14(21)8-12)13-9-18-20(2)10-13/h4-6,9-10,12,14,17,19,21H,7-8H2,1-3H3. The molecule has 0 amide bonds. The zero-order valence-electron chi connectivity index (χ0n) is 14.5. The molecule has 1 saturated carbocycles. The van der Waals surface area contributed by atoms with Gasteiger partial charge in [0.05, 0.1) is 25.5 Å². The van der Waals surface area contributed by atoms with Gasteiger partial charge in [-0.3, -0.25) is 4.68 Å². The number of sulfonamides is 1. The van der Waals surface area contributed by atoms with Crippen molar-refractivity contribution in [3.63, 3.8) is 0 Å². The summed E-state index contributed by atoms with van der Waals surface area (Å²) in [6.07, 6.45) is 4.21. The molecule has 0 saturated heterocycles. The predicted octanol–water partition coefficient (Wildman–Crippen LogP) is 1.53. The van der Waals surface area contributed by atoms with E-state index in [-0.39, 0.29) is 16.9 Å². The van der Waals surface area contributed by atoms with Crippen LogP contribution in [-0.2, 0) is 17.1 Å². The number of aliphatic hydroxyl groups is 1. The largest absolute Gasteiger partial charge is 0.495 e. The Morgan fingerprint density at radius 3 is 2.68 bits per heavy atom. The molecule has 1 unspecified atom stereocenters. The van der Waals surface area contributed by atoms with E-state index in [4.69, 9.17) is 4.74 Å². The lowest BCUT2D eigenvalue weighted by Crippen LogP contribution is -2.41. The molecule has 1 aromatic carbocycles. The highest BCUT2D eigenvalue weighted by atomic mass is 32.2. The third-order valence-electron chi connectivity index (χ3n) is 4.60. The molecular formula is C17H23N3O4S. The molecule has 1 aliphatic carbocycles. The average Bonchev–Trinajstić information content (AvgIpc) is 2.96. The number of aliphatic hydroxyl groups excluding tert-OH is 1. The number of ether oxygens (including phenoxy) is 1. The van der Waals surface area contributed by atoms with Gasteiger partial charge in [-0.05, 0) is 43.4 Å². The van der Waals surface area contributed by atoms with Crippen LogP contribution in [0.15, 0.2) is 35.5 Å². The maximum atomic E-state index is 13.0. The van der Waals surface area contributed by atoms with E-state index in [1.165, 1.54) is 7.11 Å². The van der Waals surface area contributed by atoms with Crippen molar-refractivity contribution >= 4 is 10.0 Å². The van der Waals surface area contributed by atoms with Crippen LogP contribution in [0.3, 0.4) is 0 Å². The zero-order chi connectivity index (χ0) is 18.2. The minimum absolute atomic E-state index is 0.0322. The van der Waals surface area contributed by atoms with E-state index >= 15 is 0 Å². The normalized spacial score (nSPS) is 21.6. The molecule has 1 aromatic heterocycles.